The van der Waals surface area contributed by atoms with Crippen LogP contribution in [0.2, 0.25) is 0 Å². The summed E-state index contributed by atoms with van der Waals surface area (Å²) in [6.45, 7) is 3.16. The van der Waals surface area contributed by atoms with Crippen molar-refractivity contribution in [1.82, 2.24) is 15.0 Å². The molecule has 0 spiro atoms. The number of amides is 1. The number of hydrogen-bond acceptors (Lipinski definition) is 6. The van der Waals surface area contributed by atoms with Gasteiger partial charge in [-0.1, -0.05) is 41.6 Å². The average molecular weight is 395 g/mol. The fourth-order valence-corrected chi connectivity index (χ4v) is 2.83. The van der Waals surface area contributed by atoms with Gasteiger partial charge in [0.1, 0.15) is 12.4 Å². The van der Waals surface area contributed by atoms with Gasteiger partial charge in [0.05, 0.1) is 18.7 Å². The number of carbonyl (C=O) groups is 1. The molecule has 7 nitrogen and oxygen atoms in total. The van der Waals surface area contributed by atoms with Crippen LogP contribution in [-0.2, 0) is 24.3 Å². The SMILES string of the molecule is COCCc1noc(CN(C)C(=O)c2ccccc2OCc2ccccc2C)n1. The lowest BCUT2D eigenvalue weighted by atomic mass is 10.1. The van der Waals surface area contributed by atoms with Crippen LogP contribution in [0.5, 0.6) is 5.75 Å². The molecule has 0 radical (unpaired) electrons. The van der Waals surface area contributed by atoms with E-state index in [-0.39, 0.29) is 12.5 Å². The van der Waals surface area contributed by atoms with Crippen molar-refractivity contribution in [3.05, 3.63) is 76.9 Å². The smallest absolute Gasteiger partial charge is 0.257 e. The lowest BCUT2D eigenvalue weighted by Crippen LogP contribution is -2.27. The lowest BCUT2D eigenvalue weighted by molar-refractivity contribution is 0.0764. The van der Waals surface area contributed by atoms with Crippen molar-refractivity contribution in [2.24, 2.45) is 0 Å². The van der Waals surface area contributed by atoms with Crippen molar-refractivity contribution in [2.75, 3.05) is 20.8 Å². The zero-order chi connectivity index (χ0) is 20.6. The number of methoxy groups -OCH3 is 1. The fourth-order valence-electron chi connectivity index (χ4n) is 2.83. The minimum Gasteiger partial charge on any atom is -0.488 e. The van der Waals surface area contributed by atoms with Gasteiger partial charge in [-0.3, -0.25) is 4.79 Å². The Morgan fingerprint density at radius 2 is 1.90 bits per heavy atom. The van der Waals surface area contributed by atoms with Crippen molar-refractivity contribution < 1.29 is 18.8 Å². The zero-order valence-corrected chi connectivity index (χ0v) is 16.9. The van der Waals surface area contributed by atoms with E-state index in [1.165, 1.54) is 4.90 Å². The maximum Gasteiger partial charge on any atom is 0.257 e. The Morgan fingerprint density at radius 1 is 1.14 bits per heavy atom. The molecule has 29 heavy (non-hydrogen) atoms. The number of carbonyl (C=O) groups excluding carboxylic acids is 1. The van der Waals surface area contributed by atoms with Gasteiger partial charge in [0.25, 0.3) is 5.91 Å². The van der Waals surface area contributed by atoms with E-state index in [0.29, 0.717) is 42.7 Å². The summed E-state index contributed by atoms with van der Waals surface area (Å²) >= 11 is 0. The van der Waals surface area contributed by atoms with E-state index in [1.54, 1.807) is 26.3 Å². The number of para-hydroxylation sites is 1. The van der Waals surface area contributed by atoms with Crippen LogP contribution in [0.3, 0.4) is 0 Å². The standard InChI is InChI=1S/C22H25N3O4/c1-16-8-4-5-9-17(16)15-28-19-11-7-6-10-18(19)22(26)25(2)14-21-23-20(24-29-21)12-13-27-3/h4-11H,12-15H2,1-3H3. The molecule has 0 bridgehead atoms. The van der Waals surface area contributed by atoms with Crippen molar-refractivity contribution in [3.63, 3.8) is 0 Å². The highest BCUT2D eigenvalue weighted by Gasteiger charge is 2.19. The normalized spacial score (nSPS) is 10.7. The lowest BCUT2D eigenvalue weighted by Gasteiger charge is -2.18. The molecular weight excluding hydrogens is 370 g/mol. The third-order valence-corrected chi connectivity index (χ3v) is 4.52. The van der Waals surface area contributed by atoms with Crippen LogP contribution in [0, 0.1) is 6.92 Å². The first-order valence-corrected chi connectivity index (χ1v) is 9.40. The van der Waals surface area contributed by atoms with E-state index < -0.39 is 0 Å². The maximum atomic E-state index is 13.0. The van der Waals surface area contributed by atoms with E-state index in [2.05, 4.69) is 10.1 Å². The van der Waals surface area contributed by atoms with Gasteiger partial charge >= 0.3 is 0 Å². The van der Waals surface area contributed by atoms with E-state index in [0.717, 1.165) is 11.1 Å². The summed E-state index contributed by atoms with van der Waals surface area (Å²) in [5.74, 6) is 1.30. The van der Waals surface area contributed by atoms with Gasteiger partial charge in [0.2, 0.25) is 5.89 Å². The maximum absolute atomic E-state index is 13.0. The molecule has 0 saturated carbocycles. The Bertz CT molecular complexity index is 954. The van der Waals surface area contributed by atoms with Crippen molar-refractivity contribution in [3.8, 4) is 5.75 Å². The molecule has 0 fully saturated rings. The topological polar surface area (TPSA) is 77.7 Å². The molecule has 2 aromatic carbocycles. The monoisotopic (exact) mass is 395 g/mol. The molecule has 3 rings (SSSR count). The van der Waals surface area contributed by atoms with Crippen molar-refractivity contribution >= 4 is 5.91 Å². The minimum absolute atomic E-state index is 0.179. The van der Waals surface area contributed by atoms with Gasteiger partial charge < -0.3 is 18.9 Å². The van der Waals surface area contributed by atoms with E-state index >= 15 is 0 Å². The van der Waals surface area contributed by atoms with Gasteiger partial charge in [0, 0.05) is 20.6 Å². The number of benzene rings is 2. The Morgan fingerprint density at radius 3 is 2.69 bits per heavy atom. The van der Waals surface area contributed by atoms with Crippen LogP contribution in [0.4, 0.5) is 0 Å². The molecule has 1 amide bonds. The van der Waals surface area contributed by atoms with Gasteiger partial charge in [-0.25, -0.2) is 0 Å². The second-order valence-corrected chi connectivity index (χ2v) is 6.72. The second kappa shape index (κ2) is 9.84. The summed E-state index contributed by atoms with van der Waals surface area (Å²) in [7, 11) is 3.31. The van der Waals surface area contributed by atoms with Crippen molar-refractivity contribution in [2.45, 2.75) is 26.5 Å². The molecule has 0 N–H and O–H groups in total. The Hall–Kier alpha value is -3.19. The number of hydrogen-bond donors (Lipinski definition) is 0. The predicted molar refractivity (Wildman–Crippen MR) is 108 cm³/mol. The first-order valence-electron chi connectivity index (χ1n) is 9.40. The quantitative estimate of drug-likeness (QED) is 0.552. The van der Waals surface area contributed by atoms with Crippen LogP contribution in [-0.4, -0.2) is 41.7 Å². The van der Waals surface area contributed by atoms with Crippen LogP contribution >= 0.6 is 0 Å². The predicted octanol–water partition coefficient (Wildman–Crippen LogP) is 3.42. The van der Waals surface area contributed by atoms with Gasteiger partial charge in [-0.05, 0) is 30.2 Å². The van der Waals surface area contributed by atoms with Gasteiger partial charge in [-0.2, -0.15) is 4.98 Å². The number of aromatic nitrogens is 2. The Balaban J connectivity index is 1.67. The first kappa shape index (κ1) is 20.5. The molecule has 1 aromatic heterocycles. The summed E-state index contributed by atoms with van der Waals surface area (Å²) in [6, 6.07) is 15.2. The molecule has 7 heteroatoms. The number of nitrogens with zero attached hydrogens (tertiary/aromatic N) is 3. The third-order valence-electron chi connectivity index (χ3n) is 4.52. The summed E-state index contributed by atoms with van der Waals surface area (Å²) in [5, 5.41) is 3.90. The molecular formula is C22H25N3O4. The molecule has 0 atom stereocenters. The summed E-state index contributed by atoms with van der Waals surface area (Å²) < 4.78 is 16.2. The number of aryl methyl sites for hydroxylation is 1. The molecule has 0 saturated heterocycles. The molecule has 152 valence electrons. The first-order chi connectivity index (χ1) is 14.1. The van der Waals surface area contributed by atoms with Crippen molar-refractivity contribution in [1.29, 1.82) is 0 Å². The van der Waals surface area contributed by atoms with Crippen LogP contribution in [0.25, 0.3) is 0 Å². The van der Waals surface area contributed by atoms with Crippen LogP contribution in [0.15, 0.2) is 53.1 Å². The molecule has 0 aliphatic carbocycles. The van der Waals surface area contributed by atoms with Gasteiger partial charge in [0.15, 0.2) is 5.82 Å². The second-order valence-electron chi connectivity index (χ2n) is 6.72. The van der Waals surface area contributed by atoms with Crippen LogP contribution < -0.4 is 4.74 Å². The molecule has 1 heterocycles. The average Bonchev–Trinajstić information content (AvgIpc) is 3.18. The Kier molecular flexibility index (Phi) is 6.97. The highest BCUT2D eigenvalue weighted by Crippen LogP contribution is 2.22. The Labute approximate surface area is 170 Å². The van der Waals surface area contributed by atoms with Crippen LogP contribution in [0.1, 0.15) is 33.2 Å². The highest BCUT2D eigenvalue weighted by molar-refractivity contribution is 5.96. The zero-order valence-electron chi connectivity index (χ0n) is 16.9. The summed E-state index contributed by atoms with van der Waals surface area (Å²) in [6.07, 6.45) is 0.563. The number of rotatable bonds is 9. The molecule has 0 aliphatic rings. The molecule has 0 aliphatic heterocycles. The van der Waals surface area contributed by atoms with E-state index in [4.69, 9.17) is 14.0 Å². The molecule has 3 aromatic rings. The van der Waals surface area contributed by atoms with Gasteiger partial charge in [-0.15, -0.1) is 0 Å². The van der Waals surface area contributed by atoms with E-state index in [9.17, 15) is 4.79 Å². The minimum atomic E-state index is -0.179. The van der Waals surface area contributed by atoms with E-state index in [1.807, 2.05) is 43.3 Å². The summed E-state index contributed by atoms with van der Waals surface area (Å²) in [5.41, 5.74) is 2.72. The largest absolute Gasteiger partial charge is 0.488 e. The fraction of sp³-hybridized carbons (Fsp3) is 0.318. The summed E-state index contributed by atoms with van der Waals surface area (Å²) in [4.78, 5) is 18.8. The third kappa shape index (κ3) is 5.42. The number of ether oxygens (including phenoxy) is 2. The molecule has 0 unspecified atom stereocenters. The highest BCUT2D eigenvalue weighted by atomic mass is 16.5.